The van der Waals surface area contributed by atoms with Crippen molar-refractivity contribution >= 4 is 6.09 Å². The topological polar surface area (TPSA) is 80.5 Å². The molecule has 0 bridgehead atoms. The number of aliphatic hydroxyl groups excluding tert-OH is 1. The van der Waals surface area contributed by atoms with Gasteiger partial charge in [0.1, 0.15) is 11.3 Å². The summed E-state index contributed by atoms with van der Waals surface area (Å²) in [6, 6.07) is 0.0975. The van der Waals surface area contributed by atoms with Crippen LogP contribution in [0.15, 0.2) is 6.20 Å². The molecule has 0 aliphatic carbocycles. The summed E-state index contributed by atoms with van der Waals surface area (Å²) < 4.78 is 7.04. The lowest BCUT2D eigenvalue weighted by Gasteiger charge is -2.24. The summed E-state index contributed by atoms with van der Waals surface area (Å²) >= 11 is 0. The van der Waals surface area contributed by atoms with Crippen molar-refractivity contribution < 1.29 is 14.6 Å². The lowest BCUT2D eigenvalue weighted by Crippen LogP contribution is -2.35. The first-order valence-electron chi connectivity index (χ1n) is 6.38. The van der Waals surface area contributed by atoms with Crippen LogP contribution >= 0.6 is 0 Å². The van der Waals surface area contributed by atoms with E-state index in [0.717, 1.165) is 6.42 Å². The van der Waals surface area contributed by atoms with Crippen LogP contribution in [-0.2, 0) is 11.3 Å². The van der Waals surface area contributed by atoms with Crippen LogP contribution in [0, 0.1) is 0 Å². The molecule has 1 aliphatic rings. The Morgan fingerprint density at radius 2 is 2.32 bits per heavy atom. The van der Waals surface area contributed by atoms with Gasteiger partial charge in [0, 0.05) is 13.1 Å². The third-order valence-corrected chi connectivity index (χ3v) is 2.91. The second-order valence-electron chi connectivity index (χ2n) is 5.72. The number of ether oxygens (including phenoxy) is 1. The number of aromatic nitrogens is 3. The van der Waals surface area contributed by atoms with Gasteiger partial charge in [0.15, 0.2) is 0 Å². The number of amides is 1. The summed E-state index contributed by atoms with van der Waals surface area (Å²) in [5, 5.41) is 16.8. The molecule has 0 spiro atoms. The largest absolute Gasteiger partial charge is 0.444 e. The van der Waals surface area contributed by atoms with Gasteiger partial charge < -0.3 is 14.7 Å². The Balaban J connectivity index is 1.94. The molecular weight excluding hydrogens is 248 g/mol. The quantitative estimate of drug-likeness (QED) is 0.863. The van der Waals surface area contributed by atoms with Gasteiger partial charge in [-0.3, -0.25) is 0 Å². The smallest absolute Gasteiger partial charge is 0.410 e. The number of rotatable bonds is 2. The van der Waals surface area contributed by atoms with E-state index in [0.29, 0.717) is 18.8 Å². The standard InChI is InChI=1S/C12H20N4O3/c1-12(2,3)19-11(18)15-5-4-10(7-15)16-6-9(8-17)13-14-16/h6,10,17H,4-5,7-8H2,1-3H3/t10-/m1/s1. The van der Waals surface area contributed by atoms with E-state index in [9.17, 15) is 4.79 Å². The molecule has 7 heteroatoms. The molecule has 1 saturated heterocycles. The van der Waals surface area contributed by atoms with Crippen molar-refractivity contribution in [2.45, 2.75) is 45.4 Å². The molecule has 1 atom stereocenters. The maximum absolute atomic E-state index is 11.9. The maximum Gasteiger partial charge on any atom is 0.410 e. The van der Waals surface area contributed by atoms with Crippen LogP contribution in [-0.4, -0.2) is 49.8 Å². The average Bonchev–Trinajstić information content (AvgIpc) is 2.95. The summed E-state index contributed by atoms with van der Waals surface area (Å²) in [4.78, 5) is 13.6. The number of aliphatic hydroxyl groups is 1. The highest BCUT2D eigenvalue weighted by molar-refractivity contribution is 5.68. The zero-order valence-electron chi connectivity index (χ0n) is 11.5. The SMILES string of the molecule is CC(C)(C)OC(=O)N1CC[C@@H](n2cc(CO)nn2)C1. The maximum atomic E-state index is 11.9. The Morgan fingerprint density at radius 3 is 2.89 bits per heavy atom. The highest BCUT2D eigenvalue weighted by atomic mass is 16.6. The van der Waals surface area contributed by atoms with Gasteiger partial charge in [0.25, 0.3) is 0 Å². The lowest BCUT2D eigenvalue weighted by molar-refractivity contribution is 0.0288. The van der Waals surface area contributed by atoms with E-state index in [1.165, 1.54) is 0 Å². The monoisotopic (exact) mass is 268 g/mol. The number of carbonyl (C=O) groups is 1. The summed E-state index contributed by atoms with van der Waals surface area (Å²) in [5.74, 6) is 0. The fourth-order valence-electron chi connectivity index (χ4n) is 2.01. The molecule has 1 aliphatic heterocycles. The van der Waals surface area contributed by atoms with Crippen LogP contribution < -0.4 is 0 Å². The van der Waals surface area contributed by atoms with Crippen molar-refractivity contribution in [1.29, 1.82) is 0 Å². The molecule has 19 heavy (non-hydrogen) atoms. The third-order valence-electron chi connectivity index (χ3n) is 2.91. The number of nitrogens with zero attached hydrogens (tertiary/aromatic N) is 4. The van der Waals surface area contributed by atoms with Crippen LogP contribution in [0.2, 0.25) is 0 Å². The van der Waals surface area contributed by atoms with E-state index < -0.39 is 5.60 Å². The van der Waals surface area contributed by atoms with Gasteiger partial charge in [-0.2, -0.15) is 0 Å². The molecule has 1 fully saturated rings. The first-order valence-corrected chi connectivity index (χ1v) is 6.38. The van der Waals surface area contributed by atoms with Crippen LogP contribution in [0.1, 0.15) is 38.9 Å². The van der Waals surface area contributed by atoms with E-state index in [1.54, 1.807) is 15.8 Å². The molecular formula is C12H20N4O3. The van der Waals surface area contributed by atoms with Crippen molar-refractivity contribution in [3.8, 4) is 0 Å². The molecule has 106 valence electrons. The van der Waals surface area contributed by atoms with Crippen LogP contribution in [0.25, 0.3) is 0 Å². The van der Waals surface area contributed by atoms with Gasteiger partial charge in [-0.1, -0.05) is 5.21 Å². The van der Waals surface area contributed by atoms with Crippen molar-refractivity contribution in [3.05, 3.63) is 11.9 Å². The van der Waals surface area contributed by atoms with Gasteiger partial charge in [-0.15, -0.1) is 5.10 Å². The molecule has 2 rings (SSSR count). The molecule has 0 unspecified atom stereocenters. The molecule has 7 nitrogen and oxygen atoms in total. The van der Waals surface area contributed by atoms with Crippen LogP contribution in [0.3, 0.4) is 0 Å². The van der Waals surface area contributed by atoms with Gasteiger partial charge >= 0.3 is 6.09 Å². The third kappa shape index (κ3) is 3.44. The van der Waals surface area contributed by atoms with Crippen molar-refractivity contribution in [2.24, 2.45) is 0 Å². The van der Waals surface area contributed by atoms with E-state index in [1.807, 2.05) is 20.8 Å². The summed E-state index contributed by atoms with van der Waals surface area (Å²) in [7, 11) is 0. The van der Waals surface area contributed by atoms with Crippen molar-refractivity contribution in [2.75, 3.05) is 13.1 Å². The minimum atomic E-state index is -0.480. The Morgan fingerprint density at radius 1 is 1.58 bits per heavy atom. The predicted octanol–water partition coefficient (Wildman–Crippen LogP) is 0.952. The first kappa shape index (κ1) is 13.8. The Bertz CT molecular complexity index is 452. The van der Waals surface area contributed by atoms with Crippen molar-refractivity contribution in [3.63, 3.8) is 0 Å². The van der Waals surface area contributed by atoms with E-state index in [2.05, 4.69) is 10.3 Å². The summed E-state index contributed by atoms with van der Waals surface area (Å²) in [6.07, 6.45) is 2.23. The summed E-state index contributed by atoms with van der Waals surface area (Å²) in [6.45, 7) is 6.63. The number of hydrogen-bond donors (Lipinski definition) is 1. The molecule has 0 radical (unpaired) electrons. The minimum absolute atomic E-state index is 0.0975. The molecule has 2 heterocycles. The molecule has 1 aromatic heterocycles. The zero-order valence-corrected chi connectivity index (χ0v) is 11.5. The molecule has 0 aromatic carbocycles. The number of hydrogen-bond acceptors (Lipinski definition) is 5. The van der Waals surface area contributed by atoms with E-state index in [-0.39, 0.29) is 18.7 Å². The lowest BCUT2D eigenvalue weighted by atomic mass is 10.2. The fraction of sp³-hybridized carbons (Fsp3) is 0.750. The predicted molar refractivity (Wildman–Crippen MR) is 67.4 cm³/mol. The second kappa shape index (κ2) is 5.16. The van der Waals surface area contributed by atoms with Gasteiger partial charge in [-0.05, 0) is 27.2 Å². The van der Waals surface area contributed by atoms with Gasteiger partial charge in [0.2, 0.25) is 0 Å². The number of carbonyl (C=O) groups excluding carboxylic acids is 1. The molecule has 1 aromatic rings. The van der Waals surface area contributed by atoms with E-state index in [4.69, 9.17) is 9.84 Å². The number of likely N-dealkylation sites (tertiary alicyclic amines) is 1. The van der Waals surface area contributed by atoms with Gasteiger partial charge in [0.05, 0.1) is 18.8 Å². The average molecular weight is 268 g/mol. The normalized spacial score (nSPS) is 19.8. The Hall–Kier alpha value is -1.63. The molecule has 1 amide bonds. The highest BCUT2D eigenvalue weighted by Crippen LogP contribution is 2.22. The Labute approximate surface area is 112 Å². The highest BCUT2D eigenvalue weighted by Gasteiger charge is 2.31. The van der Waals surface area contributed by atoms with E-state index >= 15 is 0 Å². The second-order valence-corrected chi connectivity index (χ2v) is 5.72. The minimum Gasteiger partial charge on any atom is -0.444 e. The summed E-state index contributed by atoms with van der Waals surface area (Å²) in [5.41, 5.74) is 0.0580. The Kier molecular flexibility index (Phi) is 3.75. The molecule has 0 saturated carbocycles. The zero-order chi connectivity index (χ0) is 14.0. The van der Waals surface area contributed by atoms with Gasteiger partial charge in [-0.25, -0.2) is 9.48 Å². The molecule has 1 N–H and O–H groups in total. The fourth-order valence-corrected chi connectivity index (χ4v) is 2.01. The van der Waals surface area contributed by atoms with Crippen LogP contribution in [0.4, 0.5) is 4.79 Å². The van der Waals surface area contributed by atoms with Crippen LogP contribution in [0.5, 0.6) is 0 Å². The first-order chi connectivity index (χ1) is 8.89. The van der Waals surface area contributed by atoms with Crippen molar-refractivity contribution in [1.82, 2.24) is 19.9 Å².